The molecule has 0 unspecified atom stereocenters. The SMILES string of the molecule is C=CCOC[C@H]1OC=C[C@H](c2ccco2)[C@@H]1OCC=C. The molecule has 0 radical (unpaired) electrons. The summed E-state index contributed by atoms with van der Waals surface area (Å²) in [5.74, 6) is 0.864. The third kappa shape index (κ3) is 3.62. The minimum atomic E-state index is -0.185. The van der Waals surface area contributed by atoms with Gasteiger partial charge in [0.15, 0.2) is 0 Å². The summed E-state index contributed by atoms with van der Waals surface area (Å²) in [5, 5.41) is 0. The summed E-state index contributed by atoms with van der Waals surface area (Å²) in [7, 11) is 0. The molecule has 0 spiro atoms. The average Bonchev–Trinajstić information content (AvgIpc) is 3.00. The van der Waals surface area contributed by atoms with Gasteiger partial charge in [0.25, 0.3) is 0 Å². The first-order chi connectivity index (χ1) is 9.86. The molecule has 0 saturated heterocycles. The lowest BCUT2D eigenvalue weighted by Gasteiger charge is -2.33. The van der Waals surface area contributed by atoms with Crippen LogP contribution in [0, 0.1) is 0 Å². The topological polar surface area (TPSA) is 40.8 Å². The molecule has 108 valence electrons. The standard InChI is InChI=1S/C16H20O4/c1-3-8-17-12-15-16(20-9-4-2)13(7-11-19-15)14-6-5-10-18-14/h3-7,10-11,13,15-16H,1-2,8-9,12H2/t13-,15-,16+/m1/s1. The fourth-order valence-electron chi connectivity index (χ4n) is 2.18. The van der Waals surface area contributed by atoms with E-state index in [1.54, 1.807) is 24.7 Å². The number of ether oxygens (including phenoxy) is 3. The van der Waals surface area contributed by atoms with Gasteiger partial charge < -0.3 is 18.6 Å². The van der Waals surface area contributed by atoms with Crippen LogP contribution in [0.1, 0.15) is 11.7 Å². The highest BCUT2D eigenvalue weighted by Crippen LogP contribution is 2.31. The molecule has 1 aliphatic rings. The second-order valence-electron chi connectivity index (χ2n) is 4.46. The van der Waals surface area contributed by atoms with Crippen LogP contribution in [0.4, 0.5) is 0 Å². The lowest BCUT2D eigenvalue weighted by molar-refractivity contribution is -0.0838. The van der Waals surface area contributed by atoms with E-state index in [1.165, 1.54) is 0 Å². The molecule has 4 heteroatoms. The van der Waals surface area contributed by atoms with Gasteiger partial charge in [0.1, 0.15) is 18.0 Å². The van der Waals surface area contributed by atoms with Crippen molar-refractivity contribution in [3.05, 3.63) is 61.8 Å². The van der Waals surface area contributed by atoms with Crippen molar-refractivity contribution >= 4 is 0 Å². The van der Waals surface area contributed by atoms with E-state index in [9.17, 15) is 0 Å². The molecule has 0 aromatic carbocycles. The van der Waals surface area contributed by atoms with E-state index in [4.69, 9.17) is 18.6 Å². The van der Waals surface area contributed by atoms with Gasteiger partial charge in [0.05, 0.1) is 38.3 Å². The monoisotopic (exact) mass is 276 g/mol. The van der Waals surface area contributed by atoms with Crippen molar-refractivity contribution in [3.63, 3.8) is 0 Å². The van der Waals surface area contributed by atoms with Crippen LogP contribution in [-0.4, -0.2) is 32.0 Å². The van der Waals surface area contributed by atoms with Crippen molar-refractivity contribution in [3.8, 4) is 0 Å². The van der Waals surface area contributed by atoms with Crippen molar-refractivity contribution < 1.29 is 18.6 Å². The molecule has 0 bridgehead atoms. The number of hydrogen-bond acceptors (Lipinski definition) is 4. The first kappa shape index (κ1) is 14.6. The molecular weight excluding hydrogens is 256 g/mol. The molecule has 4 nitrogen and oxygen atoms in total. The number of rotatable bonds is 8. The van der Waals surface area contributed by atoms with Crippen LogP contribution < -0.4 is 0 Å². The lowest BCUT2D eigenvalue weighted by atomic mass is 9.93. The third-order valence-corrected chi connectivity index (χ3v) is 3.06. The summed E-state index contributed by atoms with van der Waals surface area (Å²) in [6, 6.07) is 3.80. The minimum Gasteiger partial charge on any atom is -0.493 e. The first-order valence-electron chi connectivity index (χ1n) is 6.63. The summed E-state index contributed by atoms with van der Waals surface area (Å²) in [5.41, 5.74) is 0. The largest absolute Gasteiger partial charge is 0.493 e. The van der Waals surface area contributed by atoms with Gasteiger partial charge in [-0.1, -0.05) is 12.2 Å². The van der Waals surface area contributed by atoms with E-state index in [-0.39, 0.29) is 18.1 Å². The lowest BCUT2D eigenvalue weighted by Crippen LogP contribution is -2.41. The second-order valence-corrected chi connectivity index (χ2v) is 4.46. The maximum absolute atomic E-state index is 5.85. The molecule has 0 N–H and O–H groups in total. The molecule has 0 saturated carbocycles. The van der Waals surface area contributed by atoms with Crippen LogP contribution in [0.15, 0.2) is 60.5 Å². The van der Waals surface area contributed by atoms with Crippen LogP contribution in [-0.2, 0) is 14.2 Å². The highest BCUT2D eigenvalue weighted by Gasteiger charge is 2.35. The van der Waals surface area contributed by atoms with Crippen LogP contribution in [0.3, 0.4) is 0 Å². The molecule has 20 heavy (non-hydrogen) atoms. The predicted octanol–water partition coefficient (Wildman–Crippen LogP) is 3.05. The molecular formula is C16H20O4. The Kier molecular flexibility index (Phi) is 5.65. The van der Waals surface area contributed by atoms with Gasteiger partial charge >= 0.3 is 0 Å². The van der Waals surface area contributed by atoms with Gasteiger partial charge in [-0.15, -0.1) is 13.2 Å². The van der Waals surface area contributed by atoms with Crippen molar-refractivity contribution in [1.82, 2.24) is 0 Å². The fraction of sp³-hybridized carbons (Fsp3) is 0.375. The Morgan fingerprint density at radius 3 is 2.80 bits per heavy atom. The van der Waals surface area contributed by atoms with Crippen LogP contribution in [0.5, 0.6) is 0 Å². The van der Waals surface area contributed by atoms with Crippen LogP contribution >= 0.6 is 0 Å². The smallest absolute Gasteiger partial charge is 0.148 e. The Hall–Kier alpha value is -1.78. The van der Waals surface area contributed by atoms with Crippen molar-refractivity contribution in [2.45, 2.75) is 18.1 Å². The molecule has 1 aromatic heterocycles. The third-order valence-electron chi connectivity index (χ3n) is 3.06. The molecule has 1 aromatic rings. The van der Waals surface area contributed by atoms with E-state index < -0.39 is 0 Å². The Bertz CT molecular complexity index is 435. The van der Waals surface area contributed by atoms with E-state index in [0.29, 0.717) is 19.8 Å². The fourth-order valence-corrected chi connectivity index (χ4v) is 2.18. The van der Waals surface area contributed by atoms with Crippen LogP contribution in [0.2, 0.25) is 0 Å². The first-order valence-corrected chi connectivity index (χ1v) is 6.63. The molecule has 2 rings (SSSR count). The summed E-state index contributed by atoms with van der Waals surface area (Å²) in [6.45, 7) is 8.69. The highest BCUT2D eigenvalue weighted by molar-refractivity contribution is 5.17. The van der Waals surface area contributed by atoms with Crippen molar-refractivity contribution in [1.29, 1.82) is 0 Å². The van der Waals surface area contributed by atoms with Gasteiger partial charge in [0.2, 0.25) is 0 Å². The summed E-state index contributed by atoms with van der Waals surface area (Å²) in [6.07, 6.45) is 8.36. The molecule has 2 heterocycles. The Balaban J connectivity index is 2.08. The molecule has 1 aliphatic heterocycles. The molecule has 0 aliphatic carbocycles. The van der Waals surface area contributed by atoms with E-state index in [0.717, 1.165) is 5.76 Å². The van der Waals surface area contributed by atoms with Crippen molar-refractivity contribution in [2.75, 3.05) is 19.8 Å². The van der Waals surface area contributed by atoms with Gasteiger partial charge in [0, 0.05) is 0 Å². The quantitative estimate of drug-likeness (QED) is 0.540. The number of furan rings is 1. The van der Waals surface area contributed by atoms with Gasteiger partial charge in [-0.05, 0) is 18.2 Å². The Labute approximate surface area is 119 Å². The minimum absolute atomic E-state index is 0.0102. The van der Waals surface area contributed by atoms with Gasteiger partial charge in [-0.25, -0.2) is 0 Å². The summed E-state index contributed by atoms with van der Waals surface area (Å²) in [4.78, 5) is 0. The maximum atomic E-state index is 5.85. The molecule has 3 atom stereocenters. The summed E-state index contributed by atoms with van der Waals surface area (Å²) >= 11 is 0. The normalized spacial score (nSPS) is 25.1. The highest BCUT2D eigenvalue weighted by atomic mass is 16.6. The van der Waals surface area contributed by atoms with E-state index >= 15 is 0 Å². The average molecular weight is 276 g/mol. The van der Waals surface area contributed by atoms with Gasteiger partial charge in [-0.3, -0.25) is 0 Å². The number of hydrogen-bond donors (Lipinski definition) is 0. The zero-order valence-electron chi connectivity index (χ0n) is 11.4. The zero-order valence-corrected chi connectivity index (χ0v) is 11.4. The molecule has 0 fully saturated rings. The predicted molar refractivity (Wildman–Crippen MR) is 76.4 cm³/mol. The van der Waals surface area contributed by atoms with Gasteiger partial charge in [-0.2, -0.15) is 0 Å². The van der Waals surface area contributed by atoms with E-state index in [1.807, 2.05) is 18.2 Å². The zero-order chi connectivity index (χ0) is 14.2. The van der Waals surface area contributed by atoms with E-state index in [2.05, 4.69) is 13.2 Å². The molecule has 0 amide bonds. The van der Waals surface area contributed by atoms with Crippen LogP contribution in [0.25, 0.3) is 0 Å². The maximum Gasteiger partial charge on any atom is 0.148 e. The second kappa shape index (κ2) is 7.72. The Morgan fingerprint density at radius 2 is 2.10 bits per heavy atom. The van der Waals surface area contributed by atoms with Crippen molar-refractivity contribution in [2.24, 2.45) is 0 Å². The Morgan fingerprint density at radius 1 is 1.25 bits per heavy atom. The summed E-state index contributed by atoms with van der Waals surface area (Å²) < 4.78 is 22.4.